The minimum absolute atomic E-state index is 0.235. The van der Waals surface area contributed by atoms with Crippen LogP contribution in [-0.4, -0.2) is 23.8 Å². The summed E-state index contributed by atoms with van der Waals surface area (Å²) in [6.07, 6.45) is 9.75. The summed E-state index contributed by atoms with van der Waals surface area (Å²) in [5.41, 5.74) is 0.676. The van der Waals surface area contributed by atoms with Crippen molar-refractivity contribution in [1.82, 2.24) is 5.32 Å². The maximum Gasteiger partial charge on any atom is 0.303 e. The van der Waals surface area contributed by atoms with Crippen LogP contribution in [0.3, 0.4) is 0 Å². The molecule has 0 radical (unpaired) electrons. The van der Waals surface area contributed by atoms with Crippen LogP contribution in [0.1, 0.15) is 20.8 Å². The van der Waals surface area contributed by atoms with Crippen LogP contribution >= 0.6 is 0 Å². The number of hydrogen-bond donors (Lipinski definition) is 1. The molecule has 19 heavy (non-hydrogen) atoms. The Morgan fingerprint density at radius 1 is 1.37 bits per heavy atom. The minimum atomic E-state index is -0.499. The van der Waals surface area contributed by atoms with Crippen molar-refractivity contribution in [3.8, 4) is 0 Å². The molecule has 1 N–H and O–H groups in total. The maximum atomic E-state index is 11.2. The van der Waals surface area contributed by atoms with E-state index in [1.165, 1.54) is 6.92 Å². The van der Waals surface area contributed by atoms with Gasteiger partial charge in [0.15, 0.2) is 6.10 Å². The molecule has 0 fully saturated rings. The summed E-state index contributed by atoms with van der Waals surface area (Å²) in [7, 11) is 0. The van der Waals surface area contributed by atoms with Gasteiger partial charge in [-0.25, -0.2) is 0 Å². The fraction of sp³-hybridized carbons (Fsp3) is 0.333. The van der Waals surface area contributed by atoms with E-state index in [-0.39, 0.29) is 12.0 Å². The Labute approximate surface area is 115 Å². The van der Waals surface area contributed by atoms with Gasteiger partial charge in [-0.05, 0) is 26.1 Å². The van der Waals surface area contributed by atoms with Crippen molar-refractivity contribution >= 4 is 11.7 Å². The smallest absolute Gasteiger partial charge is 0.303 e. The van der Waals surface area contributed by atoms with Crippen molar-refractivity contribution in [2.24, 2.45) is 4.99 Å². The first-order valence-electron chi connectivity index (χ1n) is 6.05. The number of esters is 1. The summed E-state index contributed by atoms with van der Waals surface area (Å²) >= 11 is 0. The van der Waals surface area contributed by atoms with E-state index in [0.717, 1.165) is 0 Å². The molecule has 2 unspecified atom stereocenters. The van der Waals surface area contributed by atoms with Crippen LogP contribution in [-0.2, 0) is 9.53 Å². The number of carbonyl (C=O) groups excluding carboxylic acids is 1. The third kappa shape index (κ3) is 7.03. The minimum Gasteiger partial charge on any atom is -0.454 e. The summed E-state index contributed by atoms with van der Waals surface area (Å²) in [6, 6.07) is -0.235. The number of ether oxygens (including phenoxy) is 1. The summed E-state index contributed by atoms with van der Waals surface area (Å²) in [6.45, 7) is 12.4. The highest BCUT2D eigenvalue weighted by atomic mass is 16.5. The first-order valence-corrected chi connectivity index (χ1v) is 6.05. The number of hydrogen-bond acceptors (Lipinski definition) is 4. The van der Waals surface area contributed by atoms with Gasteiger partial charge in [-0.15, -0.1) is 6.58 Å². The number of rotatable bonds is 8. The lowest BCUT2D eigenvalue weighted by molar-refractivity contribution is -0.143. The molecule has 0 aromatic carbocycles. The number of aliphatic imine (C=N–C) groups is 1. The van der Waals surface area contributed by atoms with E-state index in [0.29, 0.717) is 5.71 Å². The van der Waals surface area contributed by atoms with Gasteiger partial charge in [-0.1, -0.05) is 24.8 Å². The van der Waals surface area contributed by atoms with Crippen LogP contribution in [0.15, 0.2) is 54.9 Å². The quantitative estimate of drug-likeness (QED) is 0.317. The molecule has 0 aromatic rings. The summed E-state index contributed by atoms with van der Waals surface area (Å²) < 4.78 is 5.30. The van der Waals surface area contributed by atoms with Crippen LogP contribution in [0, 0.1) is 0 Å². The first-order chi connectivity index (χ1) is 9.06. The third-order valence-electron chi connectivity index (χ3n) is 2.24. The molecule has 4 heteroatoms. The average Bonchev–Trinajstić information content (AvgIpc) is 2.38. The lowest BCUT2D eigenvalue weighted by Gasteiger charge is -2.24. The Morgan fingerprint density at radius 3 is 2.53 bits per heavy atom. The molecule has 0 aromatic heterocycles. The van der Waals surface area contributed by atoms with E-state index in [1.807, 2.05) is 13.0 Å². The first kappa shape index (κ1) is 16.9. The SMILES string of the molecule is C=C/C=C\N=C(/C)C(OC(C)=O)C(C=C)N/C=C\C. The van der Waals surface area contributed by atoms with Gasteiger partial charge in [0.1, 0.15) is 0 Å². The van der Waals surface area contributed by atoms with Gasteiger partial charge in [0.2, 0.25) is 0 Å². The fourth-order valence-corrected chi connectivity index (χ4v) is 1.38. The maximum absolute atomic E-state index is 11.2. The lowest BCUT2D eigenvalue weighted by atomic mass is 10.1. The number of allylic oxidation sites excluding steroid dienone is 3. The fourth-order valence-electron chi connectivity index (χ4n) is 1.38. The van der Waals surface area contributed by atoms with Gasteiger partial charge in [0.05, 0.1) is 11.8 Å². The van der Waals surface area contributed by atoms with Crippen molar-refractivity contribution in [3.63, 3.8) is 0 Å². The van der Waals surface area contributed by atoms with Crippen LogP contribution in [0.25, 0.3) is 0 Å². The molecule has 0 aliphatic rings. The summed E-state index contributed by atoms with van der Waals surface area (Å²) in [4.78, 5) is 15.4. The van der Waals surface area contributed by atoms with Crippen molar-refractivity contribution in [2.75, 3.05) is 0 Å². The Bertz CT molecular complexity index is 395. The van der Waals surface area contributed by atoms with E-state index in [4.69, 9.17) is 4.74 Å². The highest BCUT2D eigenvalue weighted by Crippen LogP contribution is 2.06. The average molecular weight is 262 g/mol. The molecule has 0 saturated heterocycles. The normalized spacial score (nSPS) is 15.2. The largest absolute Gasteiger partial charge is 0.454 e. The third-order valence-corrected chi connectivity index (χ3v) is 2.24. The number of nitrogens with one attached hydrogen (secondary N) is 1. The number of carbonyl (C=O) groups is 1. The highest BCUT2D eigenvalue weighted by Gasteiger charge is 2.23. The highest BCUT2D eigenvalue weighted by molar-refractivity contribution is 5.89. The molecule has 0 bridgehead atoms. The van der Waals surface area contributed by atoms with Gasteiger partial charge in [0.25, 0.3) is 0 Å². The van der Waals surface area contributed by atoms with E-state index in [1.54, 1.807) is 37.6 Å². The van der Waals surface area contributed by atoms with Crippen molar-refractivity contribution in [1.29, 1.82) is 0 Å². The molecule has 0 amide bonds. The zero-order chi connectivity index (χ0) is 14.7. The van der Waals surface area contributed by atoms with Crippen molar-refractivity contribution < 1.29 is 9.53 Å². The van der Waals surface area contributed by atoms with Crippen molar-refractivity contribution in [3.05, 3.63) is 49.9 Å². The Balaban J connectivity index is 5.09. The Hall–Kier alpha value is -2.10. The van der Waals surface area contributed by atoms with E-state index >= 15 is 0 Å². The second-order valence-corrected chi connectivity index (χ2v) is 3.81. The van der Waals surface area contributed by atoms with Crippen LogP contribution in [0.2, 0.25) is 0 Å². The van der Waals surface area contributed by atoms with Crippen LogP contribution in [0.5, 0.6) is 0 Å². The predicted molar refractivity (Wildman–Crippen MR) is 79.9 cm³/mol. The van der Waals surface area contributed by atoms with Gasteiger partial charge in [-0.2, -0.15) is 0 Å². The van der Waals surface area contributed by atoms with E-state index in [2.05, 4.69) is 23.5 Å². The summed E-state index contributed by atoms with van der Waals surface area (Å²) in [5, 5.41) is 3.09. The molecule has 0 saturated carbocycles. The van der Waals surface area contributed by atoms with E-state index < -0.39 is 6.10 Å². The molecule has 0 aliphatic heterocycles. The molecular weight excluding hydrogens is 240 g/mol. The molecule has 4 nitrogen and oxygen atoms in total. The molecule has 0 heterocycles. The topological polar surface area (TPSA) is 50.7 Å². The molecule has 2 atom stereocenters. The van der Waals surface area contributed by atoms with Gasteiger partial charge in [0, 0.05) is 13.1 Å². The van der Waals surface area contributed by atoms with Crippen LogP contribution in [0.4, 0.5) is 0 Å². The monoisotopic (exact) mass is 262 g/mol. The zero-order valence-corrected chi connectivity index (χ0v) is 11.8. The predicted octanol–water partition coefficient (Wildman–Crippen LogP) is 2.76. The van der Waals surface area contributed by atoms with Gasteiger partial charge < -0.3 is 10.1 Å². The molecule has 0 spiro atoms. The molecule has 0 aliphatic carbocycles. The molecular formula is C15H22N2O2. The summed E-state index contributed by atoms with van der Waals surface area (Å²) in [5.74, 6) is -0.360. The second-order valence-electron chi connectivity index (χ2n) is 3.81. The Morgan fingerprint density at radius 2 is 2.05 bits per heavy atom. The number of nitrogens with zero attached hydrogens (tertiary/aromatic N) is 1. The lowest BCUT2D eigenvalue weighted by Crippen LogP contribution is -2.42. The van der Waals surface area contributed by atoms with Gasteiger partial charge >= 0.3 is 5.97 Å². The Kier molecular flexibility index (Phi) is 8.79. The zero-order valence-electron chi connectivity index (χ0n) is 11.8. The van der Waals surface area contributed by atoms with E-state index in [9.17, 15) is 4.79 Å². The van der Waals surface area contributed by atoms with Crippen LogP contribution < -0.4 is 5.32 Å². The van der Waals surface area contributed by atoms with Gasteiger partial charge in [-0.3, -0.25) is 9.79 Å². The standard InChI is InChI=1S/C15H22N2O2/c1-6-9-11-16-12(4)15(19-13(5)18)14(8-3)17-10-7-2/h6-11,14-15,17H,1,3H2,2,4-5H3/b10-7-,11-9-,16-12+. The molecule has 0 rings (SSSR count). The molecule has 104 valence electrons. The van der Waals surface area contributed by atoms with Crippen molar-refractivity contribution in [2.45, 2.75) is 32.9 Å². The second kappa shape index (κ2) is 9.88.